The van der Waals surface area contributed by atoms with E-state index in [4.69, 9.17) is 15.5 Å². The molecular weight excluding hydrogens is 406 g/mol. The van der Waals surface area contributed by atoms with Crippen molar-refractivity contribution < 1.29 is 9.53 Å². The average Bonchev–Trinajstić information content (AvgIpc) is 3.47. The van der Waals surface area contributed by atoms with Gasteiger partial charge in [0.05, 0.1) is 16.7 Å². The third-order valence-corrected chi connectivity index (χ3v) is 5.73. The van der Waals surface area contributed by atoms with Crippen molar-refractivity contribution >= 4 is 33.8 Å². The molecule has 0 saturated carbocycles. The third kappa shape index (κ3) is 3.74. The molecule has 1 saturated heterocycles. The van der Waals surface area contributed by atoms with Crippen molar-refractivity contribution in [3.05, 3.63) is 36.3 Å². The smallest absolute Gasteiger partial charge is 0.410 e. The number of rotatable bonds is 3. The number of hydrogen-bond acceptors (Lipinski definition) is 6. The van der Waals surface area contributed by atoms with Crippen LogP contribution in [-0.4, -0.2) is 54.3 Å². The predicted octanol–water partition coefficient (Wildman–Crippen LogP) is 4.03. The summed E-state index contributed by atoms with van der Waals surface area (Å²) in [6, 6.07) is 7.95. The highest BCUT2D eigenvalue weighted by molar-refractivity contribution is 6.07. The summed E-state index contributed by atoms with van der Waals surface area (Å²) in [5.41, 5.74) is 9.84. The second kappa shape index (κ2) is 7.51. The normalized spacial score (nSPS) is 16.8. The lowest BCUT2D eigenvalue weighted by Crippen LogP contribution is -2.40. The quantitative estimate of drug-likeness (QED) is 0.448. The number of fused-ring (bicyclic) bond motifs is 3. The van der Waals surface area contributed by atoms with E-state index in [9.17, 15) is 4.79 Å². The summed E-state index contributed by atoms with van der Waals surface area (Å²) in [6.07, 6.45) is 3.99. The third-order valence-electron chi connectivity index (χ3n) is 5.73. The molecule has 32 heavy (non-hydrogen) atoms. The molecule has 9 heteroatoms. The molecule has 1 atom stereocenters. The summed E-state index contributed by atoms with van der Waals surface area (Å²) in [5.74, 6) is 1.17. The maximum atomic E-state index is 12.6. The van der Waals surface area contributed by atoms with E-state index in [1.165, 1.54) is 0 Å². The Morgan fingerprint density at radius 2 is 2.12 bits per heavy atom. The van der Waals surface area contributed by atoms with Gasteiger partial charge in [-0.3, -0.25) is 5.10 Å². The van der Waals surface area contributed by atoms with E-state index >= 15 is 0 Å². The fraction of sp³-hybridized carbons (Fsp3) is 0.391. The molecule has 1 unspecified atom stereocenters. The number of nitrogen functional groups attached to an aromatic ring is 1. The average molecular weight is 434 g/mol. The van der Waals surface area contributed by atoms with E-state index in [1.54, 1.807) is 6.20 Å². The van der Waals surface area contributed by atoms with Crippen molar-refractivity contribution in [1.29, 1.82) is 0 Å². The summed E-state index contributed by atoms with van der Waals surface area (Å²) in [4.78, 5) is 27.2. The zero-order valence-electron chi connectivity index (χ0n) is 18.5. The molecule has 9 nitrogen and oxygen atoms in total. The number of carbonyl (C=O) groups is 1. The Balaban J connectivity index is 1.46. The van der Waals surface area contributed by atoms with Crippen LogP contribution in [0.1, 0.15) is 39.4 Å². The molecule has 0 bridgehead atoms. The number of nitrogens with zero attached hydrogens (tertiary/aromatic N) is 4. The fourth-order valence-corrected chi connectivity index (χ4v) is 4.33. The highest BCUT2D eigenvalue weighted by atomic mass is 16.6. The SMILES string of the molecule is CC(C)(C)OC(=O)N1CCCC1Cc1nc2c(N)nc3cc(-c4cc[nH]n4)ccc3c2[nH]1. The van der Waals surface area contributed by atoms with Gasteiger partial charge in [-0.25, -0.2) is 14.8 Å². The highest BCUT2D eigenvalue weighted by Crippen LogP contribution is 2.30. The molecule has 1 aliphatic rings. The molecule has 1 aliphatic heterocycles. The molecule has 0 spiro atoms. The minimum Gasteiger partial charge on any atom is -0.444 e. The van der Waals surface area contributed by atoms with E-state index in [0.29, 0.717) is 24.3 Å². The second-order valence-corrected chi connectivity index (χ2v) is 9.27. The molecular formula is C23H27N7O2. The van der Waals surface area contributed by atoms with Gasteiger partial charge in [-0.05, 0) is 51.8 Å². The maximum Gasteiger partial charge on any atom is 0.410 e. The second-order valence-electron chi connectivity index (χ2n) is 9.27. The highest BCUT2D eigenvalue weighted by Gasteiger charge is 2.33. The number of nitrogens with two attached hydrogens (primary N) is 1. The molecule has 5 rings (SSSR count). The van der Waals surface area contributed by atoms with Crippen LogP contribution in [0, 0.1) is 0 Å². The van der Waals surface area contributed by atoms with Gasteiger partial charge in [0.15, 0.2) is 5.82 Å². The Morgan fingerprint density at radius 3 is 2.88 bits per heavy atom. The Bertz CT molecular complexity index is 1290. The first-order valence-corrected chi connectivity index (χ1v) is 10.9. The monoisotopic (exact) mass is 433 g/mol. The number of benzene rings is 1. The van der Waals surface area contributed by atoms with Crippen molar-refractivity contribution in [2.45, 2.75) is 51.7 Å². The lowest BCUT2D eigenvalue weighted by Gasteiger charge is -2.28. The summed E-state index contributed by atoms with van der Waals surface area (Å²) >= 11 is 0. The Hall–Kier alpha value is -3.62. The van der Waals surface area contributed by atoms with Crippen molar-refractivity contribution in [3.8, 4) is 11.3 Å². The van der Waals surface area contributed by atoms with Gasteiger partial charge in [0.1, 0.15) is 16.9 Å². The van der Waals surface area contributed by atoms with Gasteiger partial charge in [0.25, 0.3) is 0 Å². The topological polar surface area (TPSA) is 126 Å². The van der Waals surface area contributed by atoms with Crippen molar-refractivity contribution in [3.63, 3.8) is 0 Å². The molecule has 1 aromatic carbocycles. The number of ether oxygens (including phenoxy) is 1. The van der Waals surface area contributed by atoms with Gasteiger partial charge in [-0.2, -0.15) is 5.10 Å². The lowest BCUT2D eigenvalue weighted by molar-refractivity contribution is 0.0226. The first-order chi connectivity index (χ1) is 15.3. The molecule has 1 fully saturated rings. The Kier molecular flexibility index (Phi) is 4.76. The molecule has 166 valence electrons. The van der Waals surface area contributed by atoms with Crippen molar-refractivity contribution in [1.82, 2.24) is 30.0 Å². The first-order valence-electron chi connectivity index (χ1n) is 10.9. The molecule has 4 aromatic rings. The van der Waals surface area contributed by atoms with Gasteiger partial charge < -0.3 is 20.4 Å². The van der Waals surface area contributed by atoms with E-state index < -0.39 is 5.60 Å². The number of pyridine rings is 1. The summed E-state index contributed by atoms with van der Waals surface area (Å²) in [5, 5.41) is 8.01. The lowest BCUT2D eigenvalue weighted by atomic mass is 10.1. The predicted molar refractivity (Wildman–Crippen MR) is 123 cm³/mol. The van der Waals surface area contributed by atoms with Gasteiger partial charge in [0, 0.05) is 36.2 Å². The van der Waals surface area contributed by atoms with Gasteiger partial charge in [-0.1, -0.05) is 6.07 Å². The van der Waals surface area contributed by atoms with Crippen LogP contribution in [0.2, 0.25) is 0 Å². The number of imidazole rings is 1. The molecule has 4 heterocycles. The molecule has 4 N–H and O–H groups in total. The molecule has 0 radical (unpaired) electrons. The summed E-state index contributed by atoms with van der Waals surface area (Å²) < 4.78 is 5.59. The summed E-state index contributed by atoms with van der Waals surface area (Å²) in [7, 11) is 0. The maximum absolute atomic E-state index is 12.6. The summed E-state index contributed by atoms with van der Waals surface area (Å²) in [6.45, 7) is 6.34. The van der Waals surface area contributed by atoms with E-state index in [2.05, 4.69) is 20.2 Å². The van der Waals surface area contributed by atoms with Crippen LogP contribution in [0.25, 0.3) is 33.2 Å². The number of aromatic amines is 2. The number of carbonyl (C=O) groups excluding carboxylic acids is 1. The molecule has 0 aliphatic carbocycles. The minimum absolute atomic E-state index is 0.0390. The van der Waals surface area contributed by atoms with Crippen LogP contribution >= 0.6 is 0 Å². The van der Waals surface area contributed by atoms with Crippen LogP contribution in [-0.2, 0) is 11.2 Å². The largest absolute Gasteiger partial charge is 0.444 e. The van der Waals surface area contributed by atoms with Gasteiger partial charge in [0.2, 0.25) is 0 Å². The zero-order chi connectivity index (χ0) is 22.5. The van der Waals surface area contributed by atoms with Crippen molar-refractivity contribution in [2.75, 3.05) is 12.3 Å². The van der Waals surface area contributed by atoms with Crippen LogP contribution in [0.3, 0.4) is 0 Å². The van der Waals surface area contributed by atoms with Gasteiger partial charge in [-0.15, -0.1) is 0 Å². The van der Waals surface area contributed by atoms with Crippen LogP contribution in [0.4, 0.5) is 10.6 Å². The molecule has 1 amide bonds. The number of hydrogen-bond donors (Lipinski definition) is 3. The van der Waals surface area contributed by atoms with Crippen LogP contribution in [0.5, 0.6) is 0 Å². The van der Waals surface area contributed by atoms with Crippen LogP contribution < -0.4 is 5.73 Å². The number of amides is 1. The van der Waals surface area contributed by atoms with E-state index in [0.717, 1.165) is 46.3 Å². The Morgan fingerprint density at radius 1 is 1.28 bits per heavy atom. The zero-order valence-corrected chi connectivity index (χ0v) is 18.5. The number of H-pyrrole nitrogens is 2. The minimum atomic E-state index is -0.516. The number of anilines is 1. The first kappa shape index (κ1) is 20.3. The molecule has 3 aromatic heterocycles. The van der Waals surface area contributed by atoms with E-state index in [-0.39, 0.29) is 12.1 Å². The number of nitrogens with one attached hydrogen (secondary N) is 2. The fourth-order valence-electron chi connectivity index (χ4n) is 4.33. The van der Waals surface area contributed by atoms with Crippen molar-refractivity contribution in [2.24, 2.45) is 0 Å². The number of aromatic nitrogens is 5. The van der Waals surface area contributed by atoms with E-state index in [1.807, 2.05) is 49.9 Å². The van der Waals surface area contributed by atoms with Crippen LogP contribution in [0.15, 0.2) is 30.5 Å². The standard InChI is InChI=1S/C23H27N7O2/c1-23(2,3)32-22(31)30-10-4-5-14(30)12-18-27-19-15-7-6-13(16-8-9-25-29-16)11-17(15)26-21(24)20(19)28-18/h6-9,11,14H,4-5,10,12H2,1-3H3,(H2,24,26)(H,25,29)(H,27,28). The van der Waals surface area contributed by atoms with Gasteiger partial charge >= 0.3 is 6.09 Å². The Labute approximate surface area is 185 Å². The number of likely N-dealkylation sites (tertiary alicyclic amines) is 1.